The summed E-state index contributed by atoms with van der Waals surface area (Å²) >= 11 is 0. The molecule has 1 atom stereocenters. The van der Waals surface area contributed by atoms with Crippen LogP contribution in [0.25, 0.3) is 0 Å². The fraction of sp³-hybridized carbons (Fsp3) is 0.571. The van der Waals surface area contributed by atoms with Gasteiger partial charge in [0.1, 0.15) is 11.9 Å². The quantitative estimate of drug-likeness (QED) is 0.814. The number of aromatic nitrogens is 1. The second kappa shape index (κ2) is 4.74. The number of hydrogen-bond donors (Lipinski definition) is 0. The zero-order valence-electron chi connectivity index (χ0n) is 11.5. The van der Waals surface area contributed by atoms with Gasteiger partial charge < -0.3 is 4.90 Å². The van der Waals surface area contributed by atoms with E-state index in [0.29, 0.717) is 17.8 Å². The summed E-state index contributed by atoms with van der Waals surface area (Å²) < 4.78 is 23.2. The first-order chi connectivity index (χ1) is 9.50. The van der Waals surface area contributed by atoms with Crippen LogP contribution in [0.5, 0.6) is 0 Å². The molecule has 0 saturated carbocycles. The molecule has 5 nitrogen and oxygen atoms in total. The van der Waals surface area contributed by atoms with E-state index in [1.54, 1.807) is 0 Å². The van der Waals surface area contributed by atoms with Crippen molar-refractivity contribution in [1.29, 1.82) is 5.26 Å². The highest BCUT2D eigenvalue weighted by Gasteiger charge is 2.32. The molecule has 0 spiro atoms. The Morgan fingerprint density at radius 2 is 2.25 bits per heavy atom. The minimum Gasteiger partial charge on any atom is -0.355 e. The van der Waals surface area contributed by atoms with Crippen LogP contribution in [0.1, 0.15) is 29.7 Å². The van der Waals surface area contributed by atoms with Gasteiger partial charge in [0.15, 0.2) is 9.84 Å². The van der Waals surface area contributed by atoms with Gasteiger partial charge in [-0.3, -0.25) is 0 Å². The van der Waals surface area contributed by atoms with Gasteiger partial charge in [-0.15, -0.1) is 0 Å². The van der Waals surface area contributed by atoms with E-state index in [1.165, 1.54) is 0 Å². The maximum Gasteiger partial charge on any atom is 0.152 e. The summed E-state index contributed by atoms with van der Waals surface area (Å²) in [6, 6.07) is 4.05. The highest BCUT2D eigenvalue weighted by Crippen LogP contribution is 2.29. The van der Waals surface area contributed by atoms with Gasteiger partial charge in [-0.05, 0) is 37.3 Å². The molecule has 1 aromatic heterocycles. The number of hydrogen-bond acceptors (Lipinski definition) is 5. The number of nitriles is 1. The number of rotatable bonds is 2. The molecule has 0 amide bonds. The Bertz CT molecular complexity index is 691. The third kappa shape index (κ3) is 2.27. The Balaban J connectivity index is 1.96. The average Bonchev–Trinajstić information content (AvgIpc) is 3.01. The second-order valence-corrected chi connectivity index (χ2v) is 7.83. The maximum atomic E-state index is 11.6. The van der Waals surface area contributed by atoms with Gasteiger partial charge in [-0.2, -0.15) is 5.26 Å². The van der Waals surface area contributed by atoms with Crippen molar-refractivity contribution in [3.8, 4) is 6.07 Å². The van der Waals surface area contributed by atoms with E-state index >= 15 is 0 Å². The number of fused-ring (bicyclic) bond motifs is 1. The molecule has 1 aromatic rings. The third-order valence-corrected chi connectivity index (χ3v) is 5.99. The molecule has 1 aliphatic heterocycles. The molecule has 0 bridgehead atoms. The van der Waals surface area contributed by atoms with E-state index in [2.05, 4.69) is 11.1 Å². The molecule has 0 radical (unpaired) electrons. The van der Waals surface area contributed by atoms with E-state index in [1.807, 2.05) is 18.0 Å². The monoisotopic (exact) mass is 291 g/mol. The summed E-state index contributed by atoms with van der Waals surface area (Å²) in [5.41, 5.74) is 2.78. The van der Waals surface area contributed by atoms with Gasteiger partial charge in [0, 0.05) is 18.8 Å². The second-order valence-electron chi connectivity index (χ2n) is 5.60. The molecule has 1 fully saturated rings. The van der Waals surface area contributed by atoms with Crippen molar-refractivity contribution in [3.05, 3.63) is 22.9 Å². The molecule has 1 aliphatic carbocycles. The first kappa shape index (κ1) is 13.4. The number of sulfone groups is 1. The highest BCUT2D eigenvalue weighted by atomic mass is 32.2. The normalized spacial score (nSPS) is 23.3. The average molecular weight is 291 g/mol. The van der Waals surface area contributed by atoms with Crippen molar-refractivity contribution in [1.82, 2.24) is 4.98 Å². The summed E-state index contributed by atoms with van der Waals surface area (Å²) in [6.07, 6.45) is 3.63. The third-order valence-electron chi connectivity index (χ3n) is 4.24. The fourth-order valence-corrected chi connectivity index (χ4v) is 4.84. The van der Waals surface area contributed by atoms with Crippen molar-refractivity contribution >= 4 is 15.7 Å². The molecule has 2 heterocycles. The zero-order chi connectivity index (χ0) is 14.3. The van der Waals surface area contributed by atoms with E-state index < -0.39 is 9.84 Å². The standard InChI is InChI=1S/C14H17N3O2S/c1-17(12-5-6-20(18,19)9-12)14-11(8-15)7-10-3-2-4-13(10)16-14/h7,12H,2-6,9H2,1H3. The van der Waals surface area contributed by atoms with Crippen molar-refractivity contribution in [3.63, 3.8) is 0 Å². The summed E-state index contributed by atoms with van der Waals surface area (Å²) in [4.78, 5) is 6.50. The largest absolute Gasteiger partial charge is 0.355 e. The topological polar surface area (TPSA) is 74.1 Å². The Labute approximate surface area is 119 Å². The fourth-order valence-electron chi connectivity index (χ4n) is 3.07. The minimum atomic E-state index is -2.93. The molecule has 2 aliphatic rings. The zero-order valence-corrected chi connectivity index (χ0v) is 12.3. The van der Waals surface area contributed by atoms with Crippen LogP contribution in [0.4, 0.5) is 5.82 Å². The highest BCUT2D eigenvalue weighted by molar-refractivity contribution is 7.91. The number of anilines is 1. The van der Waals surface area contributed by atoms with Crippen LogP contribution >= 0.6 is 0 Å². The van der Waals surface area contributed by atoms with Crippen molar-refractivity contribution in [2.75, 3.05) is 23.5 Å². The first-order valence-corrected chi connectivity index (χ1v) is 8.68. The molecule has 106 valence electrons. The molecular weight excluding hydrogens is 274 g/mol. The Hall–Kier alpha value is -1.61. The molecule has 1 saturated heterocycles. The van der Waals surface area contributed by atoms with Crippen LogP contribution in [-0.2, 0) is 22.7 Å². The van der Waals surface area contributed by atoms with Crippen LogP contribution < -0.4 is 4.90 Å². The maximum absolute atomic E-state index is 11.6. The molecule has 6 heteroatoms. The summed E-state index contributed by atoms with van der Waals surface area (Å²) in [5, 5.41) is 9.31. The van der Waals surface area contributed by atoms with Gasteiger partial charge in [0.05, 0.1) is 17.1 Å². The number of aryl methyl sites for hydroxylation is 2. The Morgan fingerprint density at radius 3 is 2.90 bits per heavy atom. The lowest BCUT2D eigenvalue weighted by molar-refractivity contribution is 0.600. The predicted octanol–water partition coefficient (Wildman–Crippen LogP) is 1.07. The Morgan fingerprint density at radius 1 is 1.45 bits per heavy atom. The van der Waals surface area contributed by atoms with Crippen molar-refractivity contribution < 1.29 is 8.42 Å². The van der Waals surface area contributed by atoms with Crippen LogP contribution in [0.15, 0.2) is 6.07 Å². The minimum absolute atomic E-state index is 0.0703. The van der Waals surface area contributed by atoms with Gasteiger partial charge in [-0.25, -0.2) is 13.4 Å². The van der Waals surface area contributed by atoms with Gasteiger partial charge in [0.2, 0.25) is 0 Å². The molecule has 0 N–H and O–H groups in total. The van der Waals surface area contributed by atoms with E-state index in [0.717, 1.165) is 30.5 Å². The van der Waals surface area contributed by atoms with Gasteiger partial charge in [-0.1, -0.05) is 0 Å². The van der Waals surface area contributed by atoms with Gasteiger partial charge >= 0.3 is 0 Å². The number of pyridine rings is 1. The van der Waals surface area contributed by atoms with Crippen LogP contribution in [0.3, 0.4) is 0 Å². The Kier molecular flexibility index (Phi) is 3.17. The predicted molar refractivity (Wildman–Crippen MR) is 76.4 cm³/mol. The molecule has 0 aromatic carbocycles. The molecule has 1 unspecified atom stereocenters. The van der Waals surface area contributed by atoms with E-state index in [4.69, 9.17) is 0 Å². The summed E-state index contributed by atoms with van der Waals surface area (Å²) in [6.45, 7) is 0. The molecular formula is C14H17N3O2S. The smallest absolute Gasteiger partial charge is 0.152 e. The summed E-state index contributed by atoms with van der Waals surface area (Å²) in [7, 11) is -1.09. The van der Waals surface area contributed by atoms with Crippen molar-refractivity contribution in [2.24, 2.45) is 0 Å². The lowest BCUT2D eigenvalue weighted by Crippen LogP contribution is -2.34. The summed E-state index contributed by atoms with van der Waals surface area (Å²) in [5.74, 6) is 1.03. The number of nitrogens with zero attached hydrogens (tertiary/aromatic N) is 3. The lowest BCUT2D eigenvalue weighted by atomic mass is 10.1. The lowest BCUT2D eigenvalue weighted by Gasteiger charge is -2.25. The van der Waals surface area contributed by atoms with E-state index in [-0.39, 0.29) is 17.5 Å². The van der Waals surface area contributed by atoms with Crippen molar-refractivity contribution in [2.45, 2.75) is 31.7 Å². The molecule has 3 rings (SSSR count). The SMILES string of the molecule is CN(c1nc2c(cc1C#N)CCC2)C1CCS(=O)(=O)C1. The molecule has 20 heavy (non-hydrogen) atoms. The van der Waals surface area contributed by atoms with Gasteiger partial charge in [0.25, 0.3) is 0 Å². The van der Waals surface area contributed by atoms with Crippen LogP contribution in [0.2, 0.25) is 0 Å². The first-order valence-electron chi connectivity index (χ1n) is 6.86. The van der Waals surface area contributed by atoms with Crippen LogP contribution in [-0.4, -0.2) is 38.0 Å². The van der Waals surface area contributed by atoms with E-state index in [9.17, 15) is 13.7 Å². The van der Waals surface area contributed by atoms with Crippen LogP contribution in [0, 0.1) is 11.3 Å².